The summed E-state index contributed by atoms with van der Waals surface area (Å²) in [5, 5.41) is 15.7. The maximum atomic E-state index is 10.3. The van der Waals surface area contributed by atoms with E-state index in [1.54, 1.807) is 6.07 Å². The lowest BCUT2D eigenvalue weighted by atomic mass is 10.1. The summed E-state index contributed by atoms with van der Waals surface area (Å²) in [5.74, 6) is 0.224. The van der Waals surface area contributed by atoms with Crippen molar-refractivity contribution in [1.29, 1.82) is 0 Å². The first kappa shape index (κ1) is 15.5. The van der Waals surface area contributed by atoms with Crippen molar-refractivity contribution in [2.75, 3.05) is 0 Å². The van der Waals surface area contributed by atoms with E-state index in [0.29, 0.717) is 5.02 Å². The van der Waals surface area contributed by atoms with E-state index >= 15 is 0 Å². The van der Waals surface area contributed by atoms with Crippen molar-refractivity contribution >= 4 is 11.6 Å². The molecule has 4 rings (SSSR count). The van der Waals surface area contributed by atoms with E-state index in [9.17, 15) is 5.11 Å². The molecular weight excluding hydrogens is 332 g/mol. The Bertz CT molecular complexity index is 1010. The zero-order chi connectivity index (χ0) is 17.2. The van der Waals surface area contributed by atoms with Gasteiger partial charge in [-0.3, -0.25) is 0 Å². The predicted molar refractivity (Wildman–Crippen MR) is 101 cm³/mol. The Kier molecular flexibility index (Phi) is 4.00. The first-order valence-electron chi connectivity index (χ1n) is 7.92. The van der Waals surface area contributed by atoms with Gasteiger partial charge < -0.3 is 5.11 Å². The Morgan fingerprint density at radius 3 is 2.20 bits per heavy atom. The number of hydrogen-bond acceptors (Lipinski definition) is 2. The minimum Gasteiger partial charge on any atom is -0.507 e. The van der Waals surface area contributed by atoms with Gasteiger partial charge in [-0.2, -0.15) is 5.10 Å². The van der Waals surface area contributed by atoms with Gasteiger partial charge in [0.1, 0.15) is 5.75 Å². The van der Waals surface area contributed by atoms with Crippen molar-refractivity contribution < 1.29 is 5.11 Å². The highest BCUT2D eigenvalue weighted by Gasteiger charge is 2.15. The highest BCUT2D eigenvalue weighted by atomic mass is 35.5. The zero-order valence-electron chi connectivity index (χ0n) is 13.3. The Labute approximate surface area is 150 Å². The van der Waals surface area contributed by atoms with Crippen LogP contribution in [-0.2, 0) is 0 Å². The van der Waals surface area contributed by atoms with Gasteiger partial charge in [-0.15, -0.1) is 0 Å². The van der Waals surface area contributed by atoms with Crippen molar-refractivity contribution in [2.24, 2.45) is 0 Å². The molecule has 0 amide bonds. The summed E-state index contributed by atoms with van der Waals surface area (Å²) < 4.78 is 1.85. The molecule has 4 heteroatoms. The molecule has 3 nitrogen and oxygen atoms in total. The highest BCUT2D eigenvalue weighted by molar-refractivity contribution is 6.30. The molecule has 0 saturated carbocycles. The van der Waals surface area contributed by atoms with Crippen LogP contribution in [0.4, 0.5) is 0 Å². The van der Waals surface area contributed by atoms with E-state index < -0.39 is 0 Å². The summed E-state index contributed by atoms with van der Waals surface area (Å²) in [6, 6.07) is 26.7. The smallest absolute Gasteiger partial charge is 0.124 e. The minimum absolute atomic E-state index is 0.224. The largest absolute Gasteiger partial charge is 0.507 e. The van der Waals surface area contributed by atoms with E-state index in [2.05, 4.69) is 0 Å². The highest BCUT2D eigenvalue weighted by Crippen LogP contribution is 2.33. The van der Waals surface area contributed by atoms with Crippen LogP contribution >= 0.6 is 11.6 Å². The molecule has 25 heavy (non-hydrogen) atoms. The van der Waals surface area contributed by atoms with Gasteiger partial charge in [0.15, 0.2) is 0 Å². The molecule has 1 aromatic heterocycles. The van der Waals surface area contributed by atoms with Crippen LogP contribution in [0.15, 0.2) is 84.9 Å². The SMILES string of the molecule is Oc1ccccc1-c1cc(-c2ccc(Cl)cc2)nn1-c1ccccc1. The number of hydrogen-bond donors (Lipinski definition) is 1. The molecular formula is C21H15ClN2O. The number of phenols is 1. The van der Waals surface area contributed by atoms with Crippen LogP contribution in [0.3, 0.4) is 0 Å². The number of para-hydroxylation sites is 2. The second-order valence-electron chi connectivity index (χ2n) is 5.69. The second kappa shape index (κ2) is 6.46. The molecule has 0 aliphatic carbocycles. The molecule has 0 aliphatic rings. The van der Waals surface area contributed by atoms with Gasteiger partial charge in [-0.05, 0) is 42.5 Å². The molecule has 0 unspecified atom stereocenters. The van der Waals surface area contributed by atoms with Crippen molar-refractivity contribution in [3.05, 3.63) is 90.0 Å². The first-order chi connectivity index (χ1) is 12.2. The van der Waals surface area contributed by atoms with Crippen molar-refractivity contribution in [1.82, 2.24) is 9.78 Å². The quantitative estimate of drug-likeness (QED) is 0.527. The molecule has 0 radical (unpaired) electrons. The Morgan fingerprint density at radius 2 is 1.48 bits per heavy atom. The third-order valence-corrected chi connectivity index (χ3v) is 4.28. The number of aromatic nitrogens is 2. The monoisotopic (exact) mass is 346 g/mol. The molecule has 0 saturated heterocycles. The van der Waals surface area contributed by atoms with Crippen LogP contribution in [0.5, 0.6) is 5.75 Å². The third kappa shape index (κ3) is 3.02. The van der Waals surface area contributed by atoms with Gasteiger partial charge in [-0.1, -0.05) is 54.1 Å². The number of benzene rings is 3. The maximum absolute atomic E-state index is 10.3. The van der Waals surface area contributed by atoms with Gasteiger partial charge in [0.2, 0.25) is 0 Å². The molecule has 3 aromatic carbocycles. The lowest BCUT2D eigenvalue weighted by Crippen LogP contribution is -1.99. The van der Waals surface area contributed by atoms with Crippen LogP contribution < -0.4 is 0 Å². The van der Waals surface area contributed by atoms with E-state index in [1.807, 2.05) is 83.5 Å². The topological polar surface area (TPSA) is 38.1 Å². The van der Waals surface area contributed by atoms with E-state index in [1.165, 1.54) is 0 Å². The van der Waals surface area contributed by atoms with Gasteiger partial charge in [0.25, 0.3) is 0 Å². The molecule has 0 fully saturated rings. The fraction of sp³-hybridized carbons (Fsp3) is 0. The van der Waals surface area contributed by atoms with Gasteiger partial charge >= 0.3 is 0 Å². The predicted octanol–water partition coefficient (Wildman–Crippen LogP) is 5.57. The van der Waals surface area contributed by atoms with E-state index in [4.69, 9.17) is 16.7 Å². The summed E-state index contributed by atoms with van der Waals surface area (Å²) in [7, 11) is 0. The summed E-state index contributed by atoms with van der Waals surface area (Å²) in [6.07, 6.45) is 0. The van der Waals surface area contributed by atoms with E-state index in [-0.39, 0.29) is 5.75 Å². The maximum Gasteiger partial charge on any atom is 0.124 e. The van der Waals surface area contributed by atoms with Crippen LogP contribution in [0.25, 0.3) is 28.2 Å². The van der Waals surface area contributed by atoms with Crippen molar-refractivity contribution in [2.45, 2.75) is 0 Å². The standard InChI is InChI=1S/C21H15ClN2O/c22-16-12-10-15(11-13-16)19-14-20(18-8-4-5-9-21(18)25)24(23-19)17-6-2-1-3-7-17/h1-14,25H. The third-order valence-electron chi connectivity index (χ3n) is 4.03. The molecule has 1 N–H and O–H groups in total. The first-order valence-corrected chi connectivity index (χ1v) is 8.30. The number of phenolic OH excluding ortho intramolecular Hbond substituents is 1. The molecule has 1 heterocycles. The molecule has 0 bridgehead atoms. The minimum atomic E-state index is 0.224. The van der Waals surface area contributed by atoms with E-state index in [0.717, 1.165) is 28.2 Å². The summed E-state index contributed by atoms with van der Waals surface area (Å²) in [4.78, 5) is 0. The number of aromatic hydroxyl groups is 1. The molecule has 0 spiro atoms. The second-order valence-corrected chi connectivity index (χ2v) is 6.12. The van der Waals surface area contributed by atoms with Crippen LogP contribution in [0.2, 0.25) is 5.02 Å². The summed E-state index contributed by atoms with van der Waals surface area (Å²) in [6.45, 7) is 0. The van der Waals surface area contributed by atoms with Crippen molar-refractivity contribution in [3.8, 4) is 34.0 Å². The Hall–Kier alpha value is -3.04. The molecule has 0 atom stereocenters. The normalized spacial score (nSPS) is 10.8. The van der Waals surface area contributed by atoms with Gasteiger partial charge in [-0.25, -0.2) is 4.68 Å². The average Bonchev–Trinajstić information content (AvgIpc) is 3.08. The number of nitrogens with zero attached hydrogens (tertiary/aromatic N) is 2. The van der Waals surface area contributed by atoms with Crippen LogP contribution in [0, 0.1) is 0 Å². The lowest BCUT2D eigenvalue weighted by molar-refractivity contribution is 0.477. The van der Waals surface area contributed by atoms with Crippen molar-refractivity contribution in [3.63, 3.8) is 0 Å². The lowest BCUT2D eigenvalue weighted by Gasteiger charge is -2.08. The van der Waals surface area contributed by atoms with Crippen LogP contribution in [0.1, 0.15) is 0 Å². The number of halogens is 1. The fourth-order valence-electron chi connectivity index (χ4n) is 2.79. The van der Waals surface area contributed by atoms with Crippen LogP contribution in [-0.4, -0.2) is 14.9 Å². The fourth-order valence-corrected chi connectivity index (χ4v) is 2.92. The summed E-state index contributed by atoms with van der Waals surface area (Å²) >= 11 is 5.99. The average molecular weight is 347 g/mol. The Morgan fingerprint density at radius 1 is 0.800 bits per heavy atom. The number of rotatable bonds is 3. The molecule has 4 aromatic rings. The van der Waals surface area contributed by atoms with Gasteiger partial charge in [0, 0.05) is 16.1 Å². The molecule has 0 aliphatic heterocycles. The summed E-state index contributed by atoms with van der Waals surface area (Å²) in [5.41, 5.74) is 4.28. The van der Waals surface area contributed by atoms with Gasteiger partial charge in [0.05, 0.1) is 17.1 Å². The zero-order valence-corrected chi connectivity index (χ0v) is 14.1. The Balaban J connectivity index is 1.92. The molecule has 122 valence electrons.